The molecule has 5 aliphatic rings. The topological polar surface area (TPSA) is 3.01 Å². The first-order valence-corrected chi connectivity index (χ1v) is 10.7. The van der Waals surface area contributed by atoms with Gasteiger partial charge < -0.3 is 30.1 Å². The van der Waals surface area contributed by atoms with Crippen molar-refractivity contribution in [3.8, 4) is 0 Å². The van der Waals surface area contributed by atoms with Crippen LogP contribution in [-0.4, -0.2) is 30.6 Å². The van der Waals surface area contributed by atoms with E-state index in [1.165, 1.54) is 5.71 Å². The van der Waals surface area contributed by atoms with Crippen LogP contribution in [0.25, 0.3) is 0 Å². The summed E-state index contributed by atoms with van der Waals surface area (Å²) in [6.07, 6.45) is 44.3. The standard InChI is InChI=1S/C7H12N.4C5H5.BF4.2Fe/c1-3-8(4-2)7-5-6-7;4*1-2-4-5-3-1;2-1(3,4)5;;/h5-6H,3-4H2,1-2H3;4*1-5H;;;/q-1;;;;;-1;;. The number of rotatable bonds is 2. The van der Waals surface area contributed by atoms with Gasteiger partial charge in [0.05, 0.1) is 0 Å². The fourth-order valence-electron chi connectivity index (χ4n) is 2.12. The average molecular weight is 569 g/mol. The Morgan fingerprint density at radius 1 is 0.486 bits per heavy atom. The molecule has 0 heterocycles. The van der Waals surface area contributed by atoms with E-state index in [0.717, 1.165) is 13.1 Å². The normalized spacial score (nSPS) is 18.7. The van der Waals surface area contributed by atoms with Gasteiger partial charge in [0.15, 0.2) is 0 Å². The Morgan fingerprint density at radius 2 is 0.629 bits per heavy atom. The first-order chi connectivity index (χ1) is 15.9. The van der Waals surface area contributed by atoms with Crippen LogP contribution in [0, 0.1) is 141 Å². The molecule has 5 saturated carbocycles. The van der Waals surface area contributed by atoms with E-state index in [2.05, 4.69) is 31.3 Å². The molecule has 0 spiro atoms. The smallest absolute Gasteiger partial charge is 0.479 e. The summed E-state index contributed by atoms with van der Waals surface area (Å²) in [7, 11) is -6.00. The van der Waals surface area contributed by atoms with E-state index in [9.17, 15) is 17.3 Å². The van der Waals surface area contributed by atoms with Crippen molar-refractivity contribution < 1.29 is 56.0 Å². The summed E-state index contributed by atoms with van der Waals surface area (Å²) >= 11 is 0. The van der Waals surface area contributed by atoms with Crippen molar-refractivity contribution in [1.82, 2.24) is 0 Å². The van der Waals surface area contributed by atoms with Gasteiger partial charge in [0.25, 0.3) is 0 Å². The molecule has 5 fully saturated rings. The first-order valence-electron chi connectivity index (χ1n) is 10.7. The van der Waals surface area contributed by atoms with E-state index in [1.54, 1.807) is 0 Å². The van der Waals surface area contributed by atoms with Gasteiger partial charge in [0.2, 0.25) is 0 Å². The maximum atomic E-state index is 9.75. The maximum Gasteiger partial charge on any atom is 0.673 e. The molecule has 0 bridgehead atoms. The van der Waals surface area contributed by atoms with Crippen molar-refractivity contribution in [2.24, 2.45) is 0 Å². The van der Waals surface area contributed by atoms with Crippen molar-refractivity contribution in [3.63, 3.8) is 0 Å². The predicted molar refractivity (Wildman–Crippen MR) is 131 cm³/mol. The van der Waals surface area contributed by atoms with Crippen molar-refractivity contribution in [3.05, 3.63) is 141 Å². The molecule has 194 valence electrons. The first kappa shape index (κ1) is 39.7. The average Bonchev–Trinajstić information content (AvgIpc) is 3.48. The molecule has 5 rings (SSSR count). The zero-order valence-corrected chi connectivity index (χ0v) is 22.1. The van der Waals surface area contributed by atoms with Crippen LogP contribution in [0.15, 0.2) is 0 Å². The molecule has 0 aromatic rings. The summed E-state index contributed by atoms with van der Waals surface area (Å²) in [4.78, 5) is 0. The van der Waals surface area contributed by atoms with Gasteiger partial charge in [-0.25, -0.2) is 0 Å². The molecule has 0 unspecified atom stereocenters. The molecule has 0 aromatic carbocycles. The second-order valence-corrected chi connectivity index (χ2v) is 6.27. The molecule has 20 radical (unpaired) electrons. The van der Waals surface area contributed by atoms with Crippen molar-refractivity contribution in [2.75, 3.05) is 13.1 Å². The van der Waals surface area contributed by atoms with Gasteiger partial charge in [0, 0.05) is 34.1 Å². The van der Waals surface area contributed by atoms with Crippen LogP contribution in [0.3, 0.4) is 0 Å². The minimum absolute atomic E-state index is 0. The van der Waals surface area contributed by atoms with Crippen LogP contribution in [-0.2, 0) is 34.1 Å². The predicted octanol–water partition coefficient (Wildman–Crippen LogP) is 6.28. The fraction of sp³-hybridized carbons (Fsp3) is 0.148. The quantitative estimate of drug-likeness (QED) is 0.160. The SMILES string of the molecule is CC[N+](CC)=C1[CH-][CH-]1.F[B-](F)(F)F.[CH]1[CH][CH][CH][CH]1.[CH]1[CH][CH][CH][CH]1.[CH]1[CH][CH][CH][CH]1.[CH]1[CH][CH][CH][CH]1.[Fe].[Fe]. The number of nitrogens with zero attached hydrogens (tertiary/aromatic N) is 1. The number of halogens is 4. The third-order valence-corrected chi connectivity index (χ3v) is 3.67. The Hall–Kier alpha value is 0.234. The van der Waals surface area contributed by atoms with Crippen molar-refractivity contribution in [2.45, 2.75) is 13.8 Å². The van der Waals surface area contributed by atoms with E-state index in [0.29, 0.717) is 0 Å². The van der Waals surface area contributed by atoms with Gasteiger partial charge in [-0.15, -0.1) is 0 Å². The Labute approximate surface area is 236 Å². The van der Waals surface area contributed by atoms with Crippen LogP contribution < -0.4 is 0 Å². The Morgan fingerprint density at radius 3 is 0.686 bits per heavy atom. The number of hydrogen-bond acceptors (Lipinski definition) is 0. The molecule has 1 nitrogen and oxygen atoms in total. The summed E-state index contributed by atoms with van der Waals surface area (Å²) < 4.78 is 41.3. The van der Waals surface area contributed by atoms with Gasteiger partial charge in [-0.3, -0.25) is 4.58 Å². The van der Waals surface area contributed by atoms with Crippen LogP contribution in [0.5, 0.6) is 0 Å². The Kier molecular flexibility index (Phi) is 32.7. The van der Waals surface area contributed by atoms with Gasteiger partial charge in [0.1, 0.15) is 13.1 Å². The molecule has 8 heteroatoms. The van der Waals surface area contributed by atoms with Gasteiger partial charge in [-0.2, -0.15) is 5.71 Å². The third kappa shape index (κ3) is 36.5. The summed E-state index contributed by atoms with van der Waals surface area (Å²) in [6, 6.07) is 0. The number of hydrogen-bond donors (Lipinski definition) is 0. The monoisotopic (exact) mass is 569 g/mol. The second-order valence-electron chi connectivity index (χ2n) is 6.27. The van der Waals surface area contributed by atoms with Gasteiger partial charge >= 0.3 is 7.25 Å². The van der Waals surface area contributed by atoms with Crippen molar-refractivity contribution >= 4 is 13.0 Å². The molecule has 0 saturated heterocycles. The van der Waals surface area contributed by atoms with E-state index < -0.39 is 7.25 Å². The molecule has 0 aliphatic heterocycles. The van der Waals surface area contributed by atoms with Crippen molar-refractivity contribution in [1.29, 1.82) is 0 Å². The van der Waals surface area contributed by atoms with Crippen LogP contribution in [0.4, 0.5) is 17.3 Å². The van der Waals surface area contributed by atoms with E-state index >= 15 is 0 Å². The molecule has 0 amide bonds. The third-order valence-electron chi connectivity index (χ3n) is 3.67. The summed E-state index contributed by atoms with van der Waals surface area (Å²) in [6.45, 7) is 6.63. The molecule has 5 aliphatic carbocycles. The molecule has 0 atom stereocenters. The summed E-state index contributed by atoms with van der Waals surface area (Å²) in [5.74, 6) is 0. The van der Waals surface area contributed by atoms with E-state index in [1.807, 2.05) is 128 Å². The molecule has 35 heavy (non-hydrogen) atoms. The second kappa shape index (κ2) is 28.8. The van der Waals surface area contributed by atoms with E-state index in [-0.39, 0.29) is 34.1 Å². The fourth-order valence-corrected chi connectivity index (χ4v) is 2.12. The van der Waals surface area contributed by atoms with Crippen LogP contribution >= 0.6 is 0 Å². The summed E-state index contributed by atoms with van der Waals surface area (Å²) in [5.41, 5.74) is 1.41. The minimum Gasteiger partial charge on any atom is -0.479 e. The van der Waals surface area contributed by atoms with Crippen LogP contribution in [0.1, 0.15) is 13.8 Å². The Bertz CT molecular complexity index is 359. The maximum absolute atomic E-state index is 9.75. The zero-order valence-electron chi connectivity index (χ0n) is 19.9. The van der Waals surface area contributed by atoms with Gasteiger partial charge in [-0.05, 0) is 142 Å². The molecule has 0 aromatic heterocycles. The van der Waals surface area contributed by atoms with Crippen LogP contribution in [0.2, 0.25) is 0 Å². The summed E-state index contributed by atoms with van der Waals surface area (Å²) in [5, 5.41) is 0. The minimum atomic E-state index is -6.00. The largest absolute Gasteiger partial charge is 0.673 e. The zero-order chi connectivity index (χ0) is 24.6. The van der Waals surface area contributed by atoms with Gasteiger partial charge in [-0.1, -0.05) is 0 Å². The molecule has 0 N–H and O–H groups in total. The Balaban J connectivity index is -0.000000351. The molecular weight excluding hydrogens is 537 g/mol. The molecular formula is C27H32BF4Fe2N-2. The van der Waals surface area contributed by atoms with E-state index in [4.69, 9.17) is 0 Å².